The van der Waals surface area contributed by atoms with Gasteiger partial charge < -0.3 is 5.32 Å². The minimum Gasteiger partial charge on any atom is -0.311 e. The SMILES string of the molecule is CNC(Cc1ccc(F)cc1C)c1cnsn1. The zero-order valence-corrected chi connectivity index (χ0v) is 10.6. The highest BCUT2D eigenvalue weighted by atomic mass is 32.1. The molecule has 0 fully saturated rings. The molecule has 2 rings (SSSR count). The average molecular weight is 251 g/mol. The summed E-state index contributed by atoms with van der Waals surface area (Å²) in [6, 6.07) is 5.00. The largest absolute Gasteiger partial charge is 0.311 e. The molecule has 3 nitrogen and oxygen atoms in total. The minimum absolute atomic E-state index is 0.123. The van der Waals surface area contributed by atoms with E-state index >= 15 is 0 Å². The first kappa shape index (κ1) is 12.1. The van der Waals surface area contributed by atoms with Gasteiger partial charge in [-0.25, -0.2) is 4.39 Å². The van der Waals surface area contributed by atoms with Crippen molar-refractivity contribution in [2.45, 2.75) is 19.4 Å². The summed E-state index contributed by atoms with van der Waals surface area (Å²) in [7, 11) is 1.89. The lowest BCUT2D eigenvalue weighted by molar-refractivity contribution is 0.576. The van der Waals surface area contributed by atoms with Crippen LogP contribution in [-0.4, -0.2) is 15.8 Å². The number of nitrogens with zero attached hydrogens (tertiary/aromatic N) is 2. The number of hydrogen-bond acceptors (Lipinski definition) is 4. The highest BCUT2D eigenvalue weighted by molar-refractivity contribution is 6.99. The topological polar surface area (TPSA) is 37.8 Å². The molecule has 0 radical (unpaired) electrons. The van der Waals surface area contributed by atoms with Gasteiger partial charge in [0.1, 0.15) is 5.82 Å². The molecule has 0 spiro atoms. The Labute approximate surface area is 104 Å². The Kier molecular flexibility index (Phi) is 3.81. The molecule has 0 aliphatic rings. The Morgan fingerprint density at radius 1 is 1.47 bits per heavy atom. The lowest BCUT2D eigenvalue weighted by Crippen LogP contribution is -2.19. The van der Waals surface area contributed by atoms with Crippen LogP contribution in [0.2, 0.25) is 0 Å². The summed E-state index contributed by atoms with van der Waals surface area (Å²) in [6.07, 6.45) is 2.55. The molecule has 17 heavy (non-hydrogen) atoms. The predicted molar refractivity (Wildman–Crippen MR) is 66.6 cm³/mol. The van der Waals surface area contributed by atoms with Gasteiger partial charge in [-0.15, -0.1) is 0 Å². The minimum atomic E-state index is -0.192. The van der Waals surface area contributed by atoms with Crippen molar-refractivity contribution in [3.8, 4) is 0 Å². The molecule has 0 saturated carbocycles. The molecule has 0 saturated heterocycles. The monoisotopic (exact) mass is 251 g/mol. The molecule has 5 heteroatoms. The molecular formula is C12H14FN3S. The lowest BCUT2D eigenvalue weighted by Gasteiger charge is -2.14. The molecule has 0 bridgehead atoms. The number of benzene rings is 1. The summed E-state index contributed by atoms with van der Waals surface area (Å²) >= 11 is 1.20. The van der Waals surface area contributed by atoms with E-state index in [9.17, 15) is 4.39 Å². The second-order valence-electron chi connectivity index (χ2n) is 3.95. The van der Waals surface area contributed by atoms with Crippen LogP contribution in [0.15, 0.2) is 24.4 Å². The van der Waals surface area contributed by atoms with Crippen LogP contribution < -0.4 is 5.32 Å². The molecule has 1 aromatic carbocycles. The van der Waals surface area contributed by atoms with Crippen LogP contribution in [0, 0.1) is 12.7 Å². The standard InChI is InChI=1S/C12H14FN3S/c1-8-5-10(13)4-3-9(8)6-11(14-2)12-7-15-17-16-12/h3-5,7,11,14H,6H2,1-2H3. The molecule has 1 atom stereocenters. The average Bonchev–Trinajstić information content (AvgIpc) is 2.81. The van der Waals surface area contributed by atoms with E-state index in [4.69, 9.17) is 0 Å². The van der Waals surface area contributed by atoms with Crippen LogP contribution in [0.4, 0.5) is 4.39 Å². The van der Waals surface area contributed by atoms with Gasteiger partial charge in [0.25, 0.3) is 0 Å². The van der Waals surface area contributed by atoms with Gasteiger partial charge in [0.2, 0.25) is 0 Å². The molecule has 1 N–H and O–H groups in total. The molecular weight excluding hydrogens is 237 g/mol. The highest BCUT2D eigenvalue weighted by Crippen LogP contribution is 2.19. The van der Waals surface area contributed by atoms with Crippen LogP contribution in [0.5, 0.6) is 0 Å². The second-order valence-corrected chi connectivity index (χ2v) is 4.51. The fourth-order valence-corrected chi connectivity index (χ4v) is 2.26. The number of rotatable bonds is 4. The van der Waals surface area contributed by atoms with Gasteiger partial charge in [0.15, 0.2) is 0 Å². The summed E-state index contributed by atoms with van der Waals surface area (Å²) in [5, 5.41) is 3.21. The van der Waals surface area contributed by atoms with Gasteiger partial charge in [-0.1, -0.05) is 6.07 Å². The van der Waals surface area contributed by atoms with E-state index in [2.05, 4.69) is 14.1 Å². The third-order valence-corrected chi connectivity index (χ3v) is 3.30. The van der Waals surface area contributed by atoms with Crippen molar-refractivity contribution < 1.29 is 4.39 Å². The third kappa shape index (κ3) is 2.87. The summed E-state index contributed by atoms with van der Waals surface area (Å²) < 4.78 is 21.2. The van der Waals surface area contributed by atoms with E-state index in [0.29, 0.717) is 0 Å². The summed E-state index contributed by atoms with van der Waals surface area (Å²) in [4.78, 5) is 0. The maximum absolute atomic E-state index is 13.0. The third-order valence-electron chi connectivity index (χ3n) is 2.81. The van der Waals surface area contributed by atoms with Gasteiger partial charge in [0, 0.05) is 0 Å². The van der Waals surface area contributed by atoms with Gasteiger partial charge in [-0.05, 0) is 43.7 Å². The Hall–Kier alpha value is -1.33. The lowest BCUT2D eigenvalue weighted by atomic mass is 9.99. The quantitative estimate of drug-likeness (QED) is 0.907. The first-order valence-corrected chi connectivity index (χ1v) is 6.13. The Morgan fingerprint density at radius 3 is 2.88 bits per heavy atom. The molecule has 1 heterocycles. The van der Waals surface area contributed by atoms with E-state index in [1.54, 1.807) is 12.3 Å². The maximum Gasteiger partial charge on any atom is 0.123 e. The number of nitrogens with one attached hydrogen (secondary N) is 1. The zero-order chi connectivity index (χ0) is 12.3. The maximum atomic E-state index is 13.0. The second kappa shape index (κ2) is 5.33. The van der Waals surface area contributed by atoms with E-state index in [1.807, 2.05) is 20.0 Å². The zero-order valence-electron chi connectivity index (χ0n) is 9.77. The van der Waals surface area contributed by atoms with E-state index in [0.717, 1.165) is 23.2 Å². The van der Waals surface area contributed by atoms with Crippen LogP contribution in [-0.2, 0) is 6.42 Å². The molecule has 1 unspecified atom stereocenters. The molecule has 1 aromatic heterocycles. The van der Waals surface area contributed by atoms with Crippen molar-refractivity contribution >= 4 is 11.7 Å². The van der Waals surface area contributed by atoms with E-state index in [1.165, 1.54) is 17.8 Å². The van der Waals surface area contributed by atoms with E-state index < -0.39 is 0 Å². The van der Waals surface area contributed by atoms with Crippen LogP contribution in [0.1, 0.15) is 22.9 Å². The van der Waals surface area contributed by atoms with Crippen molar-refractivity contribution in [2.24, 2.45) is 0 Å². The van der Waals surface area contributed by atoms with Crippen molar-refractivity contribution in [2.75, 3.05) is 7.05 Å². The first-order chi connectivity index (χ1) is 8.20. The molecule has 0 aliphatic carbocycles. The normalized spacial score (nSPS) is 12.6. The molecule has 0 aliphatic heterocycles. The number of hydrogen-bond donors (Lipinski definition) is 1. The fourth-order valence-electron chi connectivity index (χ4n) is 1.79. The van der Waals surface area contributed by atoms with Crippen molar-refractivity contribution in [1.29, 1.82) is 0 Å². The van der Waals surface area contributed by atoms with Gasteiger partial charge in [0.05, 0.1) is 29.7 Å². The molecule has 2 aromatic rings. The Balaban J connectivity index is 2.19. The van der Waals surface area contributed by atoms with Crippen LogP contribution >= 0.6 is 11.7 Å². The van der Waals surface area contributed by atoms with Gasteiger partial charge >= 0.3 is 0 Å². The van der Waals surface area contributed by atoms with Gasteiger partial charge in [-0.3, -0.25) is 0 Å². The predicted octanol–water partition coefficient (Wildman–Crippen LogP) is 2.49. The number of aryl methyl sites for hydroxylation is 1. The first-order valence-electron chi connectivity index (χ1n) is 5.40. The summed E-state index contributed by atoms with van der Waals surface area (Å²) in [5.41, 5.74) is 3.02. The Morgan fingerprint density at radius 2 is 2.29 bits per heavy atom. The smallest absolute Gasteiger partial charge is 0.123 e. The molecule has 0 amide bonds. The molecule has 90 valence electrons. The van der Waals surface area contributed by atoms with Crippen molar-refractivity contribution in [3.63, 3.8) is 0 Å². The number of aromatic nitrogens is 2. The fraction of sp³-hybridized carbons (Fsp3) is 0.333. The van der Waals surface area contributed by atoms with Gasteiger partial charge in [-0.2, -0.15) is 8.75 Å². The Bertz CT molecular complexity index is 485. The van der Waals surface area contributed by atoms with Crippen molar-refractivity contribution in [1.82, 2.24) is 14.1 Å². The van der Waals surface area contributed by atoms with E-state index in [-0.39, 0.29) is 11.9 Å². The summed E-state index contributed by atoms with van der Waals surface area (Å²) in [5.74, 6) is -0.192. The van der Waals surface area contributed by atoms with Crippen LogP contribution in [0.3, 0.4) is 0 Å². The van der Waals surface area contributed by atoms with Crippen molar-refractivity contribution in [3.05, 3.63) is 47.0 Å². The number of likely N-dealkylation sites (N-methyl/N-ethyl adjacent to an activating group) is 1. The highest BCUT2D eigenvalue weighted by Gasteiger charge is 2.14. The number of halogens is 1. The van der Waals surface area contributed by atoms with Crippen LogP contribution in [0.25, 0.3) is 0 Å². The summed E-state index contributed by atoms with van der Waals surface area (Å²) in [6.45, 7) is 1.92.